The number of halogens is 2. The van der Waals surface area contributed by atoms with Crippen molar-refractivity contribution in [2.24, 2.45) is 5.92 Å². The van der Waals surface area contributed by atoms with Crippen molar-refractivity contribution in [2.45, 2.75) is 37.2 Å². The second-order valence-electron chi connectivity index (χ2n) is 8.77. The third-order valence-corrected chi connectivity index (χ3v) is 7.76. The monoisotopic (exact) mass is 547 g/mol. The lowest BCUT2D eigenvalue weighted by Crippen LogP contribution is -2.31. The average Bonchev–Trinajstić information content (AvgIpc) is 3.41. The van der Waals surface area contributed by atoms with Gasteiger partial charge in [-0.1, -0.05) is 36.6 Å². The predicted molar refractivity (Wildman–Crippen MR) is 137 cm³/mol. The number of benzene rings is 3. The minimum absolute atomic E-state index is 0.0273. The standard InChI is InChI=1S/C27H27ClFNO6S/c1-34-21-8-4-7-19(13-21)17-35-20-9-11-22(12-10-20)37(32,33)30-27(31)23-14-24(28)26(15-25(23)29)36-16-18-5-2-3-6-18/h4,7-15,18H,2-3,5-6,16-17H2,1H3,(H,30,31). The molecular formula is C27H27ClFNO6S. The topological polar surface area (TPSA) is 90.9 Å². The molecule has 0 heterocycles. The molecule has 1 N–H and O–H groups in total. The van der Waals surface area contributed by atoms with Gasteiger partial charge in [0.05, 0.1) is 29.2 Å². The van der Waals surface area contributed by atoms with Crippen molar-refractivity contribution in [3.63, 3.8) is 0 Å². The van der Waals surface area contributed by atoms with Crippen LogP contribution in [0.3, 0.4) is 0 Å². The first-order chi connectivity index (χ1) is 17.7. The van der Waals surface area contributed by atoms with Crippen molar-refractivity contribution in [2.75, 3.05) is 13.7 Å². The Labute approximate surface area is 220 Å². The Bertz CT molecular complexity index is 1360. The Hall–Kier alpha value is -3.30. The van der Waals surface area contributed by atoms with Crippen LogP contribution in [0.15, 0.2) is 65.6 Å². The number of carbonyl (C=O) groups excluding carboxylic acids is 1. The molecule has 1 saturated carbocycles. The Morgan fingerprint density at radius 3 is 2.46 bits per heavy atom. The summed E-state index contributed by atoms with van der Waals surface area (Å²) in [4.78, 5) is 12.4. The molecule has 1 aliphatic rings. The van der Waals surface area contributed by atoms with Gasteiger partial charge < -0.3 is 14.2 Å². The third kappa shape index (κ3) is 6.93. The SMILES string of the molecule is COc1cccc(COc2ccc(S(=O)(=O)NC(=O)c3cc(Cl)c(OCC4CCCC4)cc3F)cc2)c1. The molecule has 0 radical (unpaired) electrons. The van der Waals surface area contributed by atoms with E-state index in [1.54, 1.807) is 7.11 Å². The van der Waals surface area contributed by atoms with Crippen LogP contribution in [0, 0.1) is 11.7 Å². The number of amides is 1. The molecule has 196 valence electrons. The Balaban J connectivity index is 1.38. The van der Waals surface area contributed by atoms with Crippen LogP contribution in [-0.4, -0.2) is 28.0 Å². The molecule has 0 aliphatic heterocycles. The van der Waals surface area contributed by atoms with Gasteiger partial charge in [0.15, 0.2) is 0 Å². The number of methoxy groups -OCH3 is 1. The minimum atomic E-state index is -4.27. The summed E-state index contributed by atoms with van der Waals surface area (Å²) in [7, 11) is -2.70. The maximum Gasteiger partial charge on any atom is 0.268 e. The maximum absolute atomic E-state index is 14.7. The van der Waals surface area contributed by atoms with Crippen molar-refractivity contribution in [1.29, 1.82) is 0 Å². The molecule has 3 aromatic rings. The Kier molecular flexibility index (Phi) is 8.56. The Morgan fingerprint density at radius 1 is 1.03 bits per heavy atom. The lowest BCUT2D eigenvalue weighted by molar-refractivity contribution is 0.0977. The molecule has 0 spiro atoms. The average molecular weight is 548 g/mol. The first-order valence-corrected chi connectivity index (χ1v) is 13.7. The number of carbonyl (C=O) groups is 1. The molecule has 0 unspecified atom stereocenters. The molecule has 1 fully saturated rings. The molecule has 7 nitrogen and oxygen atoms in total. The summed E-state index contributed by atoms with van der Waals surface area (Å²) < 4.78 is 58.5. The highest BCUT2D eigenvalue weighted by Gasteiger charge is 2.23. The molecular weight excluding hydrogens is 521 g/mol. The van der Waals surface area contributed by atoms with Crippen LogP contribution < -0.4 is 18.9 Å². The largest absolute Gasteiger partial charge is 0.497 e. The van der Waals surface area contributed by atoms with E-state index in [0.29, 0.717) is 24.0 Å². The predicted octanol–water partition coefficient (Wildman–Crippen LogP) is 5.75. The number of rotatable bonds is 10. The van der Waals surface area contributed by atoms with Gasteiger partial charge in [-0.2, -0.15) is 0 Å². The number of hydrogen-bond acceptors (Lipinski definition) is 6. The number of nitrogens with one attached hydrogen (secondary N) is 1. The Morgan fingerprint density at radius 2 is 1.76 bits per heavy atom. The first kappa shape index (κ1) is 26.8. The highest BCUT2D eigenvalue weighted by atomic mass is 35.5. The van der Waals surface area contributed by atoms with Crippen LogP contribution in [0.2, 0.25) is 5.02 Å². The van der Waals surface area contributed by atoms with E-state index in [9.17, 15) is 17.6 Å². The van der Waals surface area contributed by atoms with Gasteiger partial charge in [-0.25, -0.2) is 17.5 Å². The van der Waals surface area contributed by atoms with Gasteiger partial charge in [0, 0.05) is 6.07 Å². The first-order valence-electron chi connectivity index (χ1n) is 11.8. The van der Waals surface area contributed by atoms with E-state index in [1.807, 2.05) is 29.0 Å². The lowest BCUT2D eigenvalue weighted by Gasteiger charge is -2.14. The highest BCUT2D eigenvalue weighted by molar-refractivity contribution is 7.90. The molecule has 0 aromatic heterocycles. The van der Waals surface area contributed by atoms with Crippen LogP contribution in [0.5, 0.6) is 17.2 Å². The molecule has 0 saturated heterocycles. The molecule has 0 bridgehead atoms. The second kappa shape index (κ2) is 11.8. The molecule has 4 rings (SSSR count). The summed E-state index contributed by atoms with van der Waals surface area (Å²) in [6, 6.07) is 14.9. The van der Waals surface area contributed by atoms with E-state index in [4.69, 9.17) is 25.8 Å². The second-order valence-corrected chi connectivity index (χ2v) is 10.9. The van der Waals surface area contributed by atoms with E-state index in [1.165, 1.54) is 24.3 Å². The van der Waals surface area contributed by atoms with Crippen LogP contribution >= 0.6 is 11.6 Å². The number of hydrogen-bond donors (Lipinski definition) is 1. The zero-order chi connectivity index (χ0) is 26.4. The van der Waals surface area contributed by atoms with Gasteiger partial charge in [-0.15, -0.1) is 0 Å². The number of ether oxygens (including phenoxy) is 3. The fourth-order valence-electron chi connectivity index (χ4n) is 4.08. The third-order valence-electron chi connectivity index (χ3n) is 6.12. The maximum atomic E-state index is 14.7. The molecule has 1 aliphatic carbocycles. The zero-order valence-corrected chi connectivity index (χ0v) is 21.8. The van der Waals surface area contributed by atoms with Crippen molar-refractivity contribution in [3.8, 4) is 17.2 Å². The van der Waals surface area contributed by atoms with Gasteiger partial charge in [-0.3, -0.25) is 4.79 Å². The molecule has 3 aromatic carbocycles. The van der Waals surface area contributed by atoms with Crippen molar-refractivity contribution < 1.29 is 31.8 Å². The van der Waals surface area contributed by atoms with Crippen molar-refractivity contribution in [1.82, 2.24) is 4.72 Å². The molecule has 0 atom stereocenters. The summed E-state index contributed by atoms with van der Waals surface area (Å²) in [6.45, 7) is 0.665. The summed E-state index contributed by atoms with van der Waals surface area (Å²) in [5.41, 5.74) is 0.374. The van der Waals surface area contributed by atoms with Crippen LogP contribution in [0.25, 0.3) is 0 Å². The van der Waals surface area contributed by atoms with Crippen LogP contribution in [-0.2, 0) is 16.6 Å². The fourth-order valence-corrected chi connectivity index (χ4v) is 5.26. The van der Waals surface area contributed by atoms with E-state index in [0.717, 1.165) is 43.4 Å². The van der Waals surface area contributed by atoms with Crippen molar-refractivity contribution >= 4 is 27.5 Å². The highest BCUT2D eigenvalue weighted by Crippen LogP contribution is 2.31. The quantitative estimate of drug-likeness (QED) is 0.347. The summed E-state index contributed by atoms with van der Waals surface area (Å²) in [6.07, 6.45) is 4.38. The van der Waals surface area contributed by atoms with Gasteiger partial charge in [0.1, 0.15) is 29.7 Å². The van der Waals surface area contributed by atoms with E-state index >= 15 is 0 Å². The van der Waals surface area contributed by atoms with Gasteiger partial charge in [-0.05, 0) is 66.8 Å². The summed E-state index contributed by atoms with van der Waals surface area (Å²) in [5, 5.41) is 0.0273. The van der Waals surface area contributed by atoms with E-state index in [-0.39, 0.29) is 22.3 Å². The van der Waals surface area contributed by atoms with Gasteiger partial charge in [0.2, 0.25) is 0 Å². The molecule has 37 heavy (non-hydrogen) atoms. The smallest absolute Gasteiger partial charge is 0.268 e. The minimum Gasteiger partial charge on any atom is -0.497 e. The van der Waals surface area contributed by atoms with Crippen molar-refractivity contribution in [3.05, 3.63) is 82.6 Å². The van der Waals surface area contributed by atoms with Gasteiger partial charge in [0.25, 0.3) is 15.9 Å². The molecule has 1 amide bonds. The zero-order valence-electron chi connectivity index (χ0n) is 20.2. The summed E-state index contributed by atoms with van der Waals surface area (Å²) >= 11 is 6.19. The van der Waals surface area contributed by atoms with E-state index < -0.39 is 27.3 Å². The number of sulfonamides is 1. The van der Waals surface area contributed by atoms with Gasteiger partial charge >= 0.3 is 0 Å². The summed E-state index contributed by atoms with van der Waals surface area (Å²) in [5.74, 6) is -0.429. The normalized spacial score (nSPS) is 13.8. The fraction of sp³-hybridized carbons (Fsp3) is 0.296. The lowest BCUT2D eigenvalue weighted by atomic mass is 10.1. The van der Waals surface area contributed by atoms with Crippen LogP contribution in [0.1, 0.15) is 41.6 Å². The van der Waals surface area contributed by atoms with E-state index in [2.05, 4.69) is 0 Å². The van der Waals surface area contributed by atoms with Crippen LogP contribution in [0.4, 0.5) is 4.39 Å². The molecule has 10 heteroatoms.